The van der Waals surface area contributed by atoms with Crippen LogP contribution in [0.25, 0.3) is 6.08 Å². The SMILES string of the molecule is CCC/C(=C\c1cccc(O)c1)CC[C@@H](O)C1=C(CO[Si](c2ccccc2)(c2ccccc2)C(C)(C)C)C[C@H]2C(=O)N(c3cc(C(F)(F)F)cc(C(F)(F)F)c3)C(=O)[C@H]2[C@H]1CO. The third kappa shape index (κ3) is 9.48. The number of aromatic hydroxyl groups is 1. The van der Waals surface area contributed by atoms with E-state index >= 15 is 0 Å². The number of rotatable bonds is 14. The van der Waals surface area contributed by atoms with Crippen LogP contribution in [0.1, 0.15) is 76.5 Å². The first-order chi connectivity index (χ1) is 29.2. The summed E-state index contributed by atoms with van der Waals surface area (Å²) in [5.74, 6) is -5.94. The van der Waals surface area contributed by atoms with Crippen molar-refractivity contribution in [2.75, 3.05) is 18.1 Å². The Bertz CT molecular complexity index is 2230. The Labute approximate surface area is 358 Å². The molecule has 1 saturated heterocycles. The van der Waals surface area contributed by atoms with Gasteiger partial charge in [-0.3, -0.25) is 9.59 Å². The summed E-state index contributed by atoms with van der Waals surface area (Å²) in [4.78, 5) is 29.1. The van der Waals surface area contributed by atoms with Gasteiger partial charge in [-0.15, -0.1) is 0 Å². The molecule has 2 aliphatic rings. The van der Waals surface area contributed by atoms with Gasteiger partial charge in [-0.25, -0.2) is 4.90 Å². The molecule has 6 rings (SSSR count). The van der Waals surface area contributed by atoms with Gasteiger partial charge in [0.1, 0.15) is 5.75 Å². The highest BCUT2D eigenvalue weighted by Crippen LogP contribution is 2.49. The van der Waals surface area contributed by atoms with Gasteiger partial charge in [-0.05, 0) is 88.1 Å². The van der Waals surface area contributed by atoms with Crippen molar-refractivity contribution < 1.29 is 55.7 Å². The van der Waals surface area contributed by atoms with E-state index < -0.39 is 84.8 Å². The second-order valence-corrected chi connectivity index (χ2v) is 21.4. The van der Waals surface area contributed by atoms with E-state index in [4.69, 9.17) is 4.43 Å². The van der Waals surface area contributed by atoms with Crippen LogP contribution in [0.15, 0.2) is 120 Å². The number of imide groups is 1. The van der Waals surface area contributed by atoms with Crippen molar-refractivity contribution in [3.8, 4) is 5.75 Å². The van der Waals surface area contributed by atoms with Gasteiger partial charge < -0.3 is 19.7 Å². The van der Waals surface area contributed by atoms with Gasteiger partial charge in [-0.1, -0.05) is 119 Å². The third-order valence-corrected chi connectivity index (χ3v) is 17.0. The standard InChI is InChI=1S/C48H51F6NO6Si/c1-5-13-30(22-31-14-12-15-36(57)23-31)20-21-41(58)42-32(29-61-62(46(2,3)4,37-16-8-6-9-17-37)38-18-10-7-11-19-38)24-39-43(40(42)28-56)45(60)55(44(39)59)35-26-33(47(49,50)51)25-34(27-35)48(52,53)54/h6-12,14-19,22-23,25-27,39-41,43,56-58H,5,13,20-21,24,28-29H2,1-4H3/b30-22+/t39-,40+,41-,43-/m1/s1. The normalized spacial score (nSPS) is 19.6. The molecule has 4 aromatic carbocycles. The van der Waals surface area contributed by atoms with Crippen LogP contribution in [0.5, 0.6) is 5.75 Å². The molecular formula is C48H51F6NO6Si. The van der Waals surface area contributed by atoms with Crippen LogP contribution in [0, 0.1) is 17.8 Å². The summed E-state index contributed by atoms with van der Waals surface area (Å²) >= 11 is 0. The number of hydrogen-bond acceptors (Lipinski definition) is 6. The van der Waals surface area contributed by atoms with Crippen LogP contribution >= 0.6 is 0 Å². The fourth-order valence-corrected chi connectivity index (χ4v) is 13.8. The zero-order valence-corrected chi connectivity index (χ0v) is 35.9. The van der Waals surface area contributed by atoms with Crippen molar-refractivity contribution in [3.05, 3.63) is 137 Å². The van der Waals surface area contributed by atoms with Crippen LogP contribution in [0.4, 0.5) is 32.0 Å². The van der Waals surface area contributed by atoms with E-state index in [2.05, 4.69) is 20.8 Å². The van der Waals surface area contributed by atoms with Crippen molar-refractivity contribution in [3.63, 3.8) is 0 Å². The summed E-state index contributed by atoms with van der Waals surface area (Å²) in [6.45, 7) is 7.25. The number of amides is 2. The molecule has 1 heterocycles. The van der Waals surface area contributed by atoms with Crippen molar-refractivity contribution in [2.45, 2.75) is 83.3 Å². The van der Waals surface area contributed by atoms with E-state index in [1.165, 1.54) is 0 Å². The molecule has 7 nitrogen and oxygen atoms in total. The van der Waals surface area contributed by atoms with Gasteiger partial charge in [0.25, 0.3) is 8.32 Å². The van der Waals surface area contributed by atoms with E-state index in [9.17, 15) is 51.3 Å². The second-order valence-electron chi connectivity index (χ2n) is 17.1. The Balaban J connectivity index is 1.47. The molecule has 1 fully saturated rings. The third-order valence-electron chi connectivity index (χ3n) is 12.0. The average Bonchev–Trinajstić information content (AvgIpc) is 3.47. The molecule has 1 aliphatic heterocycles. The van der Waals surface area contributed by atoms with Gasteiger partial charge in [0.15, 0.2) is 0 Å². The highest BCUT2D eigenvalue weighted by molar-refractivity contribution is 6.99. The minimum Gasteiger partial charge on any atom is -0.508 e. The average molecular weight is 880 g/mol. The van der Waals surface area contributed by atoms with Crippen LogP contribution in [0.3, 0.4) is 0 Å². The lowest BCUT2D eigenvalue weighted by atomic mass is 9.68. The fourth-order valence-electron chi connectivity index (χ4n) is 9.29. The van der Waals surface area contributed by atoms with Crippen molar-refractivity contribution in [1.82, 2.24) is 0 Å². The molecule has 0 bridgehead atoms. The molecule has 4 aromatic rings. The van der Waals surface area contributed by atoms with Gasteiger partial charge in [-0.2, -0.15) is 26.3 Å². The first-order valence-electron chi connectivity index (χ1n) is 20.6. The van der Waals surface area contributed by atoms with Crippen LogP contribution in [-0.2, 0) is 26.4 Å². The van der Waals surface area contributed by atoms with E-state index in [1.807, 2.05) is 79.7 Å². The number of fused-ring (bicyclic) bond motifs is 1. The molecular weight excluding hydrogens is 829 g/mol. The van der Waals surface area contributed by atoms with Gasteiger partial charge in [0.05, 0.1) is 48.0 Å². The Morgan fingerprint density at radius 2 is 1.40 bits per heavy atom. The molecule has 4 atom stereocenters. The molecule has 2 amide bonds. The number of phenols is 1. The smallest absolute Gasteiger partial charge is 0.416 e. The quantitative estimate of drug-likeness (QED) is 0.0505. The van der Waals surface area contributed by atoms with Gasteiger partial charge >= 0.3 is 12.4 Å². The number of allylic oxidation sites excluding steroid dienone is 1. The Hall–Kier alpha value is -5.02. The number of benzene rings is 4. The Morgan fingerprint density at radius 3 is 1.90 bits per heavy atom. The summed E-state index contributed by atoms with van der Waals surface area (Å²) in [6, 6.07) is 26.6. The van der Waals surface area contributed by atoms with E-state index in [-0.39, 0.29) is 36.8 Å². The second kappa shape index (κ2) is 18.4. The van der Waals surface area contributed by atoms with Gasteiger partial charge in [0.2, 0.25) is 11.8 Å². The van der Waals surface area contributed by atoms with Crippen LogP contribution in [0.2, 0.25) is 5.04 Å². The van der Waals surface area contributed by atoms with Crippen molar-refractivity contribution in [1.29, 1.82) is 0 Å². The predicted octanol–water partition coefficient (Wildman–Crippen LogP) is 9.45. The maximum absolute atomic E-state index is 14.4. The van der Waals surface area contributed by atoms with Crippen molar-refractivity contribution in [2.24, 2.45) is 17.8 Å². The molecule has 0 aromatic heterocycles. The molecule has 14 heteroatoms. The largest absolute Gasteiger partial charge is 0.508 e. The molecule has 0 saturated carbocycles. The number of carbonyl (C=O) groups is 2. The lowest BCUT2D eigenvalue weighted by molar-refractivity contribution is -0.143. The minimum absolute atomic E-state index is 0.0733. The maximum atomic E-state index is 14.4. The number of hydrogen-bond donors (Lipinski definition) is 3. The number of alkyl halides is 6. The maximum Gasteiger partial charge on any atom is 0.416 e. The van der Waals surface area contributed by atoms with Crippen LogP contribution < -0.4 is 15.3 Å². The lowest BCUT2D eigenvalue weighted by Crippen LogP contribution is -2.66. The summed E-state index contributed by atoms with van der Waals surface area (Å²) in [5.41, 5.74) is -1.90. The van der Waals surface area contributed by atoms with Crippen LogP contribution in [-0.4, -0.2) is 54.8 Å². The fraction of sp³-hybridized carbons (Fsp3) is 0.375. The number of phenolic OH excluding ortho intramolecular Hbond substituents is 1. The predicted molar refractivity (Wildman–Crippen MR) is 228 cm³/mol. The number of carbonyl (C=O) groups excluding carboxylic acids is 2. The summed E-state index contributed by atoms with van der Waals surface area (Å²) in [5, 5.41) is 34.8. The molecule has 62 heavy (non-hydrogen) atoms. The highest BCUT2D eigenvalue weighted by atomic mass is 28.4. The van der Waals surface area contributed by atoms with E-state index in [1.54, 1.807) is 18.2 Å². The zero-order valence-electron chi connectivity index (χ0n) is 34.9. The molecule has 3 N–H and O–H groups in total. The van der Waals surface area contributed by atoms with Gasteiger partial charge in [0, 0.05) is 5.92 Å². The molecule has 330 valence electrons. The Morgan fingerprint density at radius 1 is 0.823 bits per heavy atom. The molecule has 0 spiro atoms. The summed E-state index contributed by atoms with van der Waals surface area (Å²) in [6.07, 6.45) is -8.20. The number of halogens is 6. The number of aliphatic hydroxyl groups is 2. The zero-order chi connectivity index (χ0) is 45.2. The van der Waals surface area contributed by atoms with Crippen molar-refractivity contribution >= 4 is 42.3 Å². The lowest BCUT2D eigenvalue weighted by Gasteiger charge is -2.44. The number of aliphatic hydroxyl groups excluding tert-OH is 2. The molecule has 0 unspecified atom stereocenters. The molecule has 1 aliphatic carbocycles. The first-order valence-corrected chi connectivity index (χ1v) is 22.5. The minimum atomic E-state index is -5.24. The van der Waals surface area contributed by atoms with E-state index in [0.29, 0.717) is 35.4 Å². The monoisotopic (exact) mass is 879 g/mol. The number of anilines is 1. The molecule has 0 radical (unpaired) electrons. The highest BCUT2D eigenvalue weighted by Gasteiger charge is 2.57. The summed E-state index contributed by atoms with van der Waals surface area (Å²) < 4.78 is 91.3. The topological polar surface area (TPSA) is 107 Å². The summed E-state index contributed by atoms with van der Waals surface area (Å²) in [7, 11) is -3.29. The first kappa shape index (κ1) is 46.5. The Kier molecular flexibility index (Phi) is 13.8. The number of nitrogens with zero attached hydrogens (tertiary/aromatic N) is 1. The van der Waals surface area contributed by atoms with E-state index in [0.717, 1.165) is 27.9 Å².